The first-order chi connectivity index (χ1) is 11.5. The number of hydrogen-bond donors (Lipinski definition) is 3. The molecule has 134 valence electrons. The fourth-order valence-electron chi connectivity index (χ4n) is 3.68. The van der Waals surface area contributed by atoms with Crippen molar-refractivity contribution in [2.75, 3.05) is 0 Å². The van der Waals surface area contributed by atoms with Crippen LogP contribution >= 0.6 is 0 Å². The minimum absolute atomic E-state index is 0.0122. The summed E-state index contributed by atoms with van der Waals surface area (Å²) >= 11 is 0. The Hall–Kier alpha value is -1.34. The number of carbonyl (C=O) groups is 1. The van der Waals surface area contributed by atoms with Crippen molar-refractivity contribution in [2.45, 2.75) is 81.2 Å². The van der Waals surface area contributed by atoms with E-state index < -0.39 is 10.0 Å². The number of H-pyrrole nitrogens is 1. The summed E-state index contributed by atoms with van der Waals surface area (Å²) in [6, 6.07) is 1.65. The Morgan fingerprint density at radius 3 is 2.17 bits per heavy atom. The van der Waals surface area contributed by atoms with Gasteiger partial charge in [-0.3, -0.25) is 4.79 Å². The fourth-order valence-corrected chi connectivity index (χ4v) is 4.98. The molecule has 24 heavy (non-hydrogen) atoms. The predicted octanol–water partition coefficient (Wildman–Crippen LogP) is 2.69. The van der Waals surface area contributed by atoms with E-state index >= 15 is 0 Å². The first-order valence-corrected chi connectivity index (χ1v) is 10.5. The Morgan fingerprint density at radius 2 is 1.54 bits per heavy atom. The van der Waals surface area contributed by atoms with Gasteiger partial charge in [-0.1, -0.05) is 38.5 Å². The van der Waals surface area contributed by atoms with Crippen LogP contribution in [0.2, 0.25) is 0 Å². The van der Waals surface area contributed by atoms with E-state index in [1.54, 1.807) is 0 Å². The van der Waals surface area contributed by atoms with E-state index in [9.17, 15) is 13.2 Å². The molecule has 3 N–H and O–H groups in total. The lowest BCUT2D eigenvalue weighted by Crippen LogP contribution is -2.36. The summed E-state index contributed by atoms with van der Waals surface area (Å²) in [5, 5.41) is 3.00. The normalized spacial score (nSPS) is 20.8. The zero-order valence-corrected chi connectivity index (χ0v) is 14.8. The van der Waals surface area contributed by atoms with Crippen LogP contribution in [0.4, 0.5) is 0 Å². The minimum atomic E-state index is -3.57. The highest BCUT2D eigenvalue weighted by molar-refractivity contribution is 7.89. The van der Waals surface area contributed by atoms with Crippen molar-refractivity contribution >= 4 is 15.9 Å². The summed E-state index contributed by atoms with van der Waals surface area (Å²) < 4.78 is 27.7. The number of aromatic amines is 1. The van der Waals surface area contributed by atoms with E-state index in [4.69, 9.17) is 0 Å². The molecule has 0 saturated heterocycles. The number of aromatic nitrogens is 1. The molecule has 2 aliphatic carbocycles. The molecule has 0 unspecified atom stereocenters. The summed E-state index contributed by atoms with van der Waals surface area (Å²) in [5.74, 6) is -0.221. The van der Waals surface area contributed by atoms with E-state index in [2.05, 4.69) is 15.0 Å². The minimum Gasteiger partial charge on any atom is -0.356 e. The van der Waals surface area contributed by atoms with E-state index in [1.807, 2.05) is 0 Å². The molecule has 0 radical (unpaired) electrons. The van der Waals surface area contributed by atoms with Gasteiger partial charge >= 0.3 is 0 Å². The molecule has 1 aromatic heterocycles. The molecule has 0 spiro atoms. The summed E-state index contributed by atoms with van der Waals surface area (Å²) in [7, 11) is -3.57. The Bertz CT molecular complexity index is 656. The Labute approximate surface area is 143 Å². The van der Waals surface area contributed by atoms with Gasteiger partial charge in [0.15, 0.2) is 0 Å². The highest BCUT2D eigenvalue weighted by Gasteiger charge is 2.24. The van der Waals surface area contributed by atoms with Crippen molar-refractivity contribution in [3.05, 3.63) is 18.0 Å². The van der Waals surface area contributed by atoms with Gasteiger partial charge < -0.3 is 10.3 Å². The quantitative estimate of drug-likeness (QED) is 0.760. The maximum atomic E-state index is 12.5. The van der Waals surface area contributed by atoms with Crippen LogP contribution in [0.25, 0.3) is 0 Å². The van der Waals surface area contributed by atoms with Crippen LogP contribution in [0.15, 0.2) is 17.2 Å². The van der Waals surface area contributed by atoms with E-state index in [0.717, 1.165) is 51.4 Å². The monoisotopic (exact) mass is 353 g/mol. The van der Waals surface area contributed by atoms with Crippen molar-refractivity contribution in [2.24, 2.45) is 0 Å². The van der Waals surface area contributed by atoms with Gasteiger partial charge in [0.1, 0.15) is 10.6 Å². The van der Waals surface area contributed by atoms with Crippen molar-refractivity contribution in [1.82, 2.24) is 15.0 Å². The zero-order valence-electron chi connectivity index (χ0n) is 14.0. The lowest BCUT2D eigenvalue weighted by atomic mass is 9.95. The highest BCUT2D eigenvalue weighted by atomic mass is 32.2. The van der Waals surface area contributed by atoms with Crippen molar-refractivity contribution in [1.29, 1.82) is 0 Å². The fraction of sp³-hybridized carbons (Fsp3) is 0.706. The topological polar surface area (TPSA) is 91.1 Å². The number of nitrogens with one attached hydrogen (secondary N) is 3. The van der Waals surface area contributed by atoms with Crippen LogP contribution in [0, 0.1) is 0 Å². The largest absolute Gasteiger partial charge is 0.356 e. The molecule has 2 aliphatic rings. The third-order valence-electron chi connectivity index (χ3n) is 5.08. The van der Waals surface area contributed by atoms with E-state index in [0.29, 0.717) is 5.69 Å². The van der Waals surface area contributed by atoms with Gasteiger partial charge in [0.2, 0.25) is 10.0 Å². The summed E-state index contributed by atoms with van der Waals surface area (Å²) in [6.45, 7) is 0. The summed E-state index contributed by atoms with van der Waals surface area (Å²) in [4.78, 5) is 15.2. The highest BCUT2D eigenvalue weighted by Crippen LogP contribution is 2.21. The third-order valence-corrected chi connectivity index (χ3v) is 6.58. The average molecular weight is 353 g/mol. The Kier molecular flexibility index (Phi) is 5.61. The summed E-state index contributed by atoms with van der Waals surface area (Å²) in [5.41, 5.74) is 0.310. The molecule has 1 amide bonds. The van der Waals surface area contributed by atoms with Gasteiger partial charge in [0.05, 0.1) is 0 Å². The second-order valence-corrected chi connectivity index (χ2v) is 8.73. The molecule has 2 fully saturated rings. The van der Waals surface area contributed by atoms with Crippen molar-refractivity contribution < 1.29 is 13.2 Å². The van der Waals surface area contributed by atoms with Crippen LogP contribution in [0.1, 0.15) is 74.7 Å². The molecular formula is C17H27N3O3S. The zero-order chi connectivity index (χ0) is 17.0. The van der Waals surface area contributed by atoms with E-state index in [-0.39, 0.29) is 22.9 Å². The smallest absolute Gasteiger partial charge is 0.267 e. The van der Waals surface area contributed by atoms with E-state index in [1.165, 1.54) is 25.1 Å². The van der Waals surface area contributed by atoms with Gasteiger partial charge in [-0.05, 0) is 31.7 Å². The molecule has 0 aliphatic heterocycles. The van der Waals surface area contributed by atoms with Crippen LogP contribution in [-0.4, -0.2) is 31.4 Å². The number of rotatable bonds is 5. The maximum Gasteiger partial charge on any atom is 0.267 e. The lowest BCUT2D eigenvalue weighted by Gasteiger charge is -2.22. The third kappa shape index (κ3) is 4.39. The number of hydrogen-bond acceptors (Lipinski definition) is 3. The first-order valence-electron chi connectivity index (χ1n) is 9.06. The molecular weight excluding hydrogens is 326 g/mol. The van der Waals surface area contributed by atoms with Crippen molar-refractivity contribution in [3.8, 4) is 0 Å². The molecule has 6 nitrogen and oxygen atoms in total. The summed E-state index contributed by atoms with van der Waals surface area (Å²) in [6.07, 6.45) is 12.0. The molecule has 3 rings (SSSR count). The van der Waals surface area contributed by atoms with Gasteiger partial charge in [-0.2, -0.15) is 0 Å². The second-order valence-electron chi connectivity index (χ2n) is 7.01. The van der Waals surface area contributed by atoms with Crippen LogP contribution in [-0.2, 0) is 10.0 Å². The SMILES string of the molecule is O=C(NC1CCCCC1)c1cc(S(=O)(=O)NC2CCCCC2)c[nH]1. The van der Waals surface area contributed by atoms with Gasteiger partial charge in [-0.25, -0.2) is 13.1 Å². The number of amides is 1. The van der Waals surface area contributed by atoms with Gasteiger partial charge in [0.25, 0.3) is 5.91 Å². The second kappa shape index (κ2) is 7.70. The van der Waals surface area contributed by atoms with Crippen LogP contribution in [0.3, 0.4) is 0 Å². The first kappa shape index (κ1) is 17.5. The maximum absolute atomic E-state index is 12.5. The molecule has 2 saturated carbocycles. The van der Waals surface area contributed by atoms with Crippen LogP contribution < -0.4 is 10.0 Å². The molecule has 1 heterocycles. The Balaban J connectivity index is 1.61. The van der Waals surface area contributed by atoms with Crippen molar-refractivity contribution in [3.63, 3.8) is 0 Å². The van der Waals surface area contributed by atoms with Gasteiger partial charge in [0, 0.05) is 18.3 Å². The standard InChI is InChI=1S/C17H27N3O3S/c21-17(19-13-7-3-1-4-8-13)16-11-15(12-18-16)24(22,23)20-14-9-5-2-6-10-14/h11-14,18,20H,1-10H2,(H,19,21). The molecule has 7 heteroatoms. The number of sulfonamides is 1. The number of carbonyl (C=O) groups excluding carboxylic acids is 1. The Morgan fingerprint density at radius 1 is 0.958 bits per heavy atom. The molecule has 0 aromatic carbocycles. The molecule has 1 aromatic rings. The predicted molar refractivity (Wildman–Crippen MR) is 92.3 cm³/mol. The van der Waals surface area contributed by atoms with Gasteiger partial charge in [-0.15, -0.1) is 0 Å². The average Bonchev–Trinajstić information content (AvgIpc) is 3.07. The van der Waals surface area contributed by atoms with Crippen LogP contribution in [0.5, 0.6) is 0 Å². The lowest BCUT2D eigenvalue weighted by molar-refractivity contribution is 0.0923. The molecule has 0 atom stereocenters. The molecule has 0 bridgehead atoms.